The second-order valence-corrected chi connectivity index (χ2v) is 8.43. The quantitative estimate of drug-likeness (QED) is 0.523. The summed E-state index contributed by atoms with van der Waals surface area (Å²) in [7, 11) is 0. The minimum Gasteiger partial charge on any atom is -0.481 e. The molecule has 3 atom stereocenters. The number of ether oxygens (including phenoxy) is 1. The summed E-state index contributed by atoms with van der Waals surface area (Å²) in [5.74, 6) is -3.38. The zero-order valence-corrected chi connectivity index (χ0v) is 17.7. The Morgan fingerprint density at radius 1 is 1.10 bits per heavy atom. The molecule has 0 unspecified atom stereocenters. The smallest absolute Gasteiger partial charge is 0.407 e. The van der Waals surface area contributed by atoms with E-state index in [9.17, 15) is 24.3 Å². The molecule has 0 radical (unpaired) electrons. The number of carbonyl (C=O) groups is 4. The molecular weight excluding hydrogens is 416 g/mol. The molecule has 0 spiro atoms. The standard InChI is InChI=1S/C19H25ClN4O6/c1-19(2,3)30-18(29)23-13-8-10(17(27)28)4-6-12(13)22-15(25)16(26)24-14-7-5-11(20)9-21-14/h5,7,9-10,12-13H,4,6,8H2,1-3H3,(H,22,25)(H,23,29)(H,27,28)(H,21,24,26)/t10-,12-,13+/m0/s1. The van der Waals surface area contributed by atoms with Gasteiger partial charge in [0.05, 0.1) is 17.0 Å². The van der Waals surface area contributed by atoms with Gasteiger partial charge in [0.2, 0.25) is 0 Å². The van der Waals surface area contributed by atoms with E-state index in [1.165, 1.54) is 18.3 Å². The lowest BCUT2D eigenvalue weighted by Crippen LogP contribution is -2.57. The van der Waals surface area contributed by atoms with Crippen LogP contribution in [0.2, 0.25) is 5.02 Å². The highest BCUT2D eigenvalue weighted by Gasteiger charge is 2.37. The van der Waals surface area contributed by atoms with Gasteiger partial charge in [-0.1, -0.05) is 11.6 Å². The summed E-state index contributed by atoms with van der Waals surface area (Å²) in [4.78, 5) is 51.9. The molecule has 0 aliphatic heterocycles. The number of nitrogens with one attached hydrogen (secondary N) is 3. The van der Waals surface area contributed by atoms with E-state index in [4.69, 9.17) is 16.3 Å². The molecule has 2 rings (SSSR count). The van der Waals surface area contributed by atoms with E-state index in [1.807, 2.05) is 0 Å². The number of rotatable bonds is 4. The van der Waals surface area contributed by atoms with Gasteiger partial charge < -0.3 is 25.8 Å². The van der Waals surface area contributed by atoms with Crippen LogP contribution >= 0.6 is 11.6 Å². The largest absolute Gasteiger partial charge is 0.481 e. The number of hydrogen-bond donors (Lipinski definition) is 4. The van der Waals surface area contributed by atoms with E-state index in [0.29, 0.717) is 11.4 Å². The molecule has 0 aromatic carbocycles. The van der Waals surface area contributed by atoms with Gasteiger partial charge in [-0.15, -0.1) is 0 Å². The van der Waals surface area contributed by atoms with Crippen molar-refractivity contribution in [1.82, 2.24) is 15.6 Å². The van der Waals surface area contributed by atoms with Crippen LogP contribution in [-0.2, 0) is 19.1 Å². The first-order chi connectivity index (χ1) is 13.9. The highest BCUT2D eigenvalue weighted by atomic mass is 35.5. The molecule has 1 aliphatic rings. The van der Waals surface area contributed by atoms with Gasteiger partial charge in [-0.05, 0) is 52.2 Å². The Morgan fingerprint density at radius 2 is 1.80 bits per heavy atom. The van der Waals surface area contributed by atoms with Crippen LogP contribution in [0.5, 0.6) is 0 Å². The molecule has 0 bridgehead atoms. The summed E-state index contributed by atoms with van der Waals surface area (Å²) in [6.07, 6.45) is 1.26. The van der Waals surface area contributed by atoms with Gasteiger partial charge in [0, 0.05) is 12.2 Å². The molecule has 1 aromatic heterocycles. The number of anilines is 1. The topological polar surface area (TPSA) is 147 Å². The number of hydrogen-bond acceptors (Lipinski definition) is 6. The molecule has 0 saturated heterocycles. The molecule has 164 valence electrons. The number of nitrogens with zero attached hydrogens (tertiary/aromatic N) is 1. The van der Waals surface area contributed by atoms with E-state index in [2.05, 4.69) is 20.9 Å². The fraction of sp³-hybridized carbons (Fsp3) is 0.526. The number of aromatic nitrogens is 1. The fourth-order valence-corrected chi connectivity index (χ4v) is 3.15. The summed E-state index contributed by atoms with van der Waals surface area (Å²) >= 11 is 5.73. The zero-order chi connectivity index (χ0) is 22.5. The van der Waals surface area contributed by atoms with Crippen LogP contribution in [0.15, 0.2) is 18.3 Å². The van der Waals surface area contributed by atoms with Crippen LogP contribution in [0.4, 0.5) is 10.6 Å². The lowest BCUT2D eigenvalue weighted by molar-refractivity contribution is -0.143. The molecule has 1 aromatic rings. The average Bonchev–Trinajstić information content (AvgIpc) is 2.63. The van der Waals surface area contributed by atoms with E-state index >= 15 is 0 Å². The van der Waals surface area contributed by atoms with Crippen molar-refractivity contribution in [2.24, 2.45) is 5.92 Å². The first-order valence-corrected chi connectivity index (χ1v) is 9.78. The van der Waals surface area contributed by atoms with Crippen LogP contribution in [0.1, 0.15) is 40.0 Å². The maximum atomic E-state index is 12.3. The number of carbonyl (C=O) groups excluding carboxylic acids is 3. The molecular formula is C19H25ClN4O6. The van der Waals surface area contributed by atoms with Crippen LogP contribution in [0.3, 0.4) is 0 Å². The van der Waals surface area contributed by atoms with Crippen molar-refractivity contribution >= 4 is 41.3 Å². The van der Waals surface area contributed by atoms with E-state index in [1.54, 1.807) is 20.8 Å². The summed E-state index contributed by atoms with van der Waals surface area (Å²) in [5.41, 5.74) is -0.741. The zero-order valence-electron chi connectivity index (χ0n) is 16.9. The third-order valence-corrected chi connectivity index (χ3v) is 4.62. The van der Waals surface area contributed by atoms with E-state index in [-0.39, 0.29) is 18.7 Å². The number of carboxylic acid groups (broad SMARTS) is 1. The Hall–Kier alpha value is -2.88. The molecule has 3 amide bonds. The summed E-state index contributed by atoms with van der Waals surface area (Å²) < 4.78 is 5.22. The van der Waals surface area contributed by atoms with Crippen molar-refractivity contribution in [3.05, 3.63) is 23.4 Å². The van der Waals surface area contributed by atoms with Gasteiger partial charge in [0.15, 0.2) is 0 Å². The van der Waals surface area contributed by atoms with Gasteiger partial charge in [-0.2, -0.15) is 0 Å². The van der Waals surface area contributed by atoms with Crippen LogP contribution in [0.25, 0.3) is 0 Å². The number of halogens is 1. The fourth-order valence-electron chi connectivity index (χ4n) is 3.04. The summed E-state index contributed by atoms with van der Waals surface area (Å²) in [6, 6.07) is 1.61. The number of aliphatic carboxylic acids is 1. The molecule has 30 heavy (non-hydrogen) atoms. The Morgan fingerprint density at radius 3 is 2.37 bits per heavy atom. The van der Waals surface area contributed by atoms with Crippen molar-refractivity contribution in [2.45, 2.75) is 57.7 Å². The van der Waals surface area contributed by atoms with Gasteiger partial charge in [0.25, 0.3) is 0 Å². The van der Waals surface area contributed by atoms with Crippen molar-refractivity contribution in [3.63, 3.8) is 0 Å². The second kappa shape index (κ2) is 9.75. The predicted molar refractivity (Wildman–Crippen MR) is 108 cm³/mol. The van der Waals surface area contributed by atoms with Crippen LogP contribution < -0.4 is 16.0 Å². The van der Waals surface area contributed by atoms with E-state index in [0.717, 1.165) is 0 Å². The molecule has 1 aliphatic carbocycles. The van der Waals surface area contributed by atoms with Crippen LogP contribution in [0, 0.1) is 5.92 Å². The number of carboxylic acids is 1. The maximum absolute atomic E-state index is 12.3. The minimum atomic E-state index is -0.984. The van der Waals surface area contributed by atoms with Gasteiger partial charge in [-0.25, -0.2) is 9.78 Å². The first-order valence-electron chi connectivity index (χ1n) is 9.40. The van der Waals surface area contributed by atoms with Crippen molar-refractivity contribution in [1.29, 1.82) is 0 Å². The Kier molecular flexibility index (Phi) is 7.60. The third kappa shape index (κ3) is 7.18. The van der Waals surface area contributed by atoms with Gasteiger partial charge >= 0.3 is 23.9 Å². The molecule has 4 N–H and O–H groups in total. The lowest BCUT2D eigenvalue weighted by Gasteiger charge is -2.35. The lowest BCUT2D eigenvalue weighted by atomic mass is 9.82. The SMILES string of the molecule is CC(C)(C)OC(=O)N[C@@H]1C[C@@H](C(=O)O)CC[C@@H]1NC(=O)C(=O)Nc1ccc(Cl)cn1. The second-order valence-electron chi connectivity index (χ2n) is 8.00. The van der Waals surface area contributed by atoms with Gasteiger partial charge in [-0.3, -0.25) is 14.4 Å². The van der Waals surface area contributed by atoms with Crippen LogP contribution in [-0.4, -0.2) is 51.7 Å². The molecule has 11 heteroatoms. The van der Waals surface area contributed by atoms with Gasteiger partial charge in [0.1, 0.15) is 11.4 Å². The summed E-state index contributed by atoms with van der Waals surface area (Å²) in [6.45, 7) is 5.09. The predicted octanol–water partition coefficient (Wildman–Crippen LogP) is 1.94. The van der Waals surface area contributed by atoms with Crippen molar-refractivity contribution < 1.29 is 29.0 Å². The van der Waals surface area contributed by atoms with Crippen molar-refractivity contribution in [2.75, 3.05) is 5.32 Å². The minimum absolute atomic E-state index is 0.0971. The summed E-state index contributed by atoms with van der Waals surface area (Å²) in [5, 5.41) is 17.2. The third-order valence-electron chi connectivity index (χ3n) is 4.39. The number of pyridine rings is 1. The average molecular weight is 441 g/mol. The molecule has 1 fully saturated rings. The molecule has 10 nitrogen and oxygen atoms in total. The molecule has 1 saturated carbocycles. The van der Waals surface area contributed by atoms with E-state index < -0.39 is 47.5 Å². The molecule has 1 heterocycles. The number of alkyl carbamates (subject to hydrolysis) is 1. The maximum Gasteiger partial charge on any atom is 0.407 e. The first kappa shape index (κ1) is 23.4. The Labute approximate surface area is 178 Å². The monoisotopic (exact) mass is 440 g/mol. The highest BCUT2D eigenvalue weighted by Crippen LogP contribution is 2.25. The Bertz CT molecular complexity index is 808. The Balaban J connectivity index is 2.02. The highest BCUT2D eigenvalue weighted by molar-refractivity contribution is 6.39. The normalized spacial score (nSPS) is 21.3. The number of amides is 3. The van der Waals surface area contributed by atoms with Crippen molar-refractivity contribution in [3.8, 4) is 0 Å².